The first-order valence-electron chi connectivity index (χ1n) is 7.30. The van der Waals surface area contributed by atoms with E-state index < -0.39 is 0 Å². The van der Waals surface area contributed by atoms with Crippen molar-refractivity contribution in [1.29, 1.82) is 0 Å². The Morgan fingerprint density at radius 1 is 0.950 bits per heavy atom. The van der Waals surface area contributed by atoms with Gasteiger partial charge in [0.1, 0.15) is 0 Å². The van der Waals surface area contributed by atoms with Crippen molar-refractivity contribution in [3.8, 4) is 11.1 Å². The predicted octanol–water partition coefficient (Wildman–Crippen LogP) is 4.17. The van der Waals surface area contributed by atoms with E-state index in [1.54, 1.807) is 0 Å². The predicted molar refractivity (Wildman–Crippen MR) is 84.5 cm³/mol. The van der Waals surface area contributed by atoms with Crippen molar-refractivity contribution in [3.05, 3.63) is 60.2 Å². The van der Waals surface area contributed by atoms with Gasteiger partial charge in [-0.2, -0.15) is 0 Å². The highest BCUT2D eigenvalue weighted by Crippen LogP contribution is 2.22. The van der Waals surface area contributed by atoms with E-state index in [4.69, 9.17) is 10.5 Å². The van der Waals surface area contributed by atoms with E-state index in [1.807, 2.05) is 13.0 Å². The normalized spacial score (nSPS) is 12.3. The Balaban J connectivity index is 1.94. The van der Waals surface area contributed by atoms with Crippen LogP contribution in [0.2, 0.25) is 0 Å². The van der Waals surface area contributed by atoms with Gasteiger partial charge in [0, 0.05) is 19.3 Å². The molecule has 0 bridgehead atoms. The molecule has 2 rings (SSSR count). The van der Waals surface area contributed by atoms with Crippen molar-refractivity contribution in [2.75, 3.05) is 13.2 Å². The summed E-state index contributed by atoms with van der Waals surface area (Å²) in [5.41, 5.74) is 9.88. The molecule has 0 spiro atoms. The van der Waals surface area contributed by atoms with Gasteiger partial charge in [0.05, 0.1) is 0 Å². The van der Waals surface area contributed by atoms with Crippen molar-refractivity contribution in [1.82, 2.24) is 0 Å². The Labute approximate surface area is 121 Å². The second kappa shape index (κ2) is 7.83. The lowest BCUT2D eigenvalue weighted by atomic mass is 9.99. The van der Waals surface area contributed by atoms with Gasteiger partial charge in [0.25, 0.3) is 0 Å². The summed E-state index contributed by atoms with van der Waals surface area (Å²) in [4.78, 5) is 0. The molecule has 0 saturated carbocycles. The summed E-state index contributed by atoms with van der Waals surface area (Å²) in [6.07, 6.45) is 1.97. The lowest BCUT2D eigenvalue weighted by Crippen LogP contribution is -2.11. The van der Waals surface area contributed by atoms with Crippen molar-refractivity contribution >= 4 is 0 Å². The van der Waals surface area contributed by atoms with Gasteiger partial charge in [-0.15, -0.1) is 0 Å². The van der Waals surface area contributed by atoms with Crippen LogP contribution in [-0.2, 0) is 4.74 Å². The van der Waals surface area contributed by atoms with Crippen LogP contribution in [0.25, 0.3) is 11.1 Å². The van der Waals surface area contributed by atoms with Gasteiger partial charge < -0.3 is 10.5 Å². The van der Waals surface area contributed by atoms with Crippen LogP contribution in [-0.4, -0.2) is 13.2 Å². The number of ether oxygens (including phenoxy) is 1. The average molecular weight is 269 g/mol. The lowest BCUT2D eigenvalue weighted by molar-refractivity contribution is 0.142. The monoisotopic (exact) mass is 269 g/mol. The van der Waals surface area contributed by atoms with Crippen molar-refractivity contribution in [2.45, 2.75) is 25.8 Å². The van der Waals surface area contributed by atoms with E-state index in [1.165, 1.54) is 16.7 Å². The largest absolute Gasteiger partial charge is 0.382 e. The summed E-state index contributed by atoms with van der Waals surface area (Å²) in [5.74, 6) is 0. The molecule has 0 aromatic heterocycles. The first-order chi connectivity index (χ1) is 9.81. The summed E-state index contributed by atoms with van der Waals surface area (Å²) >= 11 is 0. The lowest BCUT2D eigenvalue weighted by Gasteiger charge is -2.12. The third kappa shape index (κ3) is 4.19. The first-order valence-corrected chi connectivity index (χ1v) is 7.30. The molecule has 0 aliphatic rings. The highest BCUT2D eigenvalue weighted by atomic mass is 16.5. The fourth-order valence-corrected chi connectivity index (χ4v) is 2.27. The molecule has 1 atom stereocenters. The van der Waals surface area contributed by atoms with E-state index in [9.17, 15) is 0 Å². The zero-order valence-corrected chi connectivity index (χ0v) is 12.1. The molecular weight excluding hydrogens is 246 g/mol. The fraction of sp³-hybridized carbons (Fsp3) is 0.333. The molecule has 2 N–H and O–H groups in total. The number of hydrogen-bond acceptors (Lipinski definition) is 2. The Hall–Kier alpha value is -1.64. The molecule has 0 radical (unpaired) electrons. The van der Waals surface area contributed by atoms with E-state index >= 15 is 0 Å². The standard InChI is InChI=1S/C18H23NO/c1-2-20-14-6-9-18(19)17-12-10-16(11-13-17)15-7-4-3-5-8-15/h3-5,7-8,10-13,18H,2,6,9,14,19H2,1H3. The Kier molecular flexibility index (Phi) is 5.78. The molecular formula is C18H23NO. The summed E-state index contributed by atoms with van der Waals surface area (Å²) in [6.45, 7) is 3.59. The molecule has 0 saturated heterocycles. The summed E-state index contributed by atoms with van der Waals surface area (Å²) in [7, 11) is 0. The molecule has 1 unspecified atom stereocenters. The molecule has 2 nitrogen and oxygen atoms in total. The molecule has 0 heterocycles. The number of rotatable bonds is 7. The van der Waals surface area contributed by atoms with Crippen LogP contribution in [0.1, 0.15) is 31.4 Å². The molecule has 0 aliphatic heterocycles. The highest BCUT2D eigenvalue weighted by molar-refractivity contribution is 5.63. The van der Waals surface area contributed by atoms with Crippen LogP contribution in [0.5, 0.6) is 0 Å². The third-order valence-electron chi connectivity index (χ3n) is 3.45. The van der Waals surface area contributed by atoms with Gasteiger partial charge in [-0.3, -0.25) is 0 Å². The highest BCUT2D eigenvalue weighted by Gasteiger charge is 2.06. The fourth-order valence-electron chi connectivity index (χ4n) is 2.27. The van der Waals surface area contributed by atoms with E-state index in [-0.39, 0.29) is 6.04 Å². The van der Waals surface area contributed by atoms with Gasteiger partial charge in [0.15, 0.2) is 0 Å². The average Bonchev–Trinajstić information content (AvgIpc) is 2.52. The molecule has 2 heteroatoms. The topological polar surface area (TPSA) is 35.2 Å². The van der Waals surface area contributed by atoms with Crippen LogP contribution >= 0.6 is 0 Å². The molecule has 106 valence electrons. The molecule has 20 heavy (non-hydrogen) atoms. The first kappa shape index (κ1) is 14.8. The van der Waals surface area contributed by atoms with Gasteiger partial charge in [-0.1, -0.05) is 54.6 Å². The summed E-state index contributed by atoms with van der Waals surface area (Å²) < 4.78 is 5.34. The van der Waals surface area contributed by atoms with Crippen LogP contribution < -0.4 is 5.73 Å². The van der Waals surface area contributed by atoms with Gasteiger partial charge in [-0.25, -0.2) is 0 Å². The number of benzene rings is 2. The SMILES string of the molecule is CCOCCCC(N)c1ccc(-c2ccccc2)cc1. The maximum atomic E-state index is 6.21. The quantitative estimate of drug-likeness (QED) is 0.766. The number of hydrogen-bond donors (Lipinski definition) is 1. The van der Waals surface area contributed by atoms with Crippen LogP contribution in [0.3, 0.4) is 0 Å². The molecule has 0 aliphatic carbocycles. The van der Waals surface area contributed by atoms with E-state index in [2.05, 4.69) is 48.5 Å². The summed E-state index contributed by atoms with van der Waals surface area (Å²) in [6, 6.07) is 19.0. The molecule has 2 aromatic rings. The minimum Gasteiger partial charge on any atom is -0.382 e. The molecule has 0 amide bonds. The minimum absolute atomic E-state index is 0.0975. The van der Waals surface area contributed by atoms with Gasteiger partial charge in [-0.05, 0) is 36.5 Å². The van der Waals surface area contributed by atoms with Gasteiger partial charge in [0.2, 0.25) is 0 Å². The van der Waals surface area contributed by atoms with E-state index in [0.717, 1.165) is 26.1 Å². The zero-order chi connectivity index (χ0) is 14.2. The van der Waals surface area contributed by atoms with Crippen LogP contribution in [0, 0.1) is 0 Å². The maximum Gasteiger partial charge on any atom is 0.0466 e. The second-order valence-electron chi connectivity index (χ2n) is 4.93. The zero-order valence-electron chi connectivity index (χ0n) is 12.1. The van der Waals surface area contributed by atoms with Crippen molar-refractivity contribution < 1.29 is 4.74 Å². The van der Waals surface area contributed by atoms with Gasteiger partial charge >= 0.3 is 0 Å². The third-order valence-corrected chi connectivity index (χ3v) is 3.45. The smallest absolute Gasteiger partial charge is 0.0466 e. The Bertz CT molecular complexity index is 493. The Morgan fingerprint density at radius 2 is 1.60 bits per heavy atom. The van der Waals surface area contributed by atoms with Crippen molar-refractivity contribution in [3.63, 3.8) is 0 Å². The molecule has 0 fully saturated rings. The van der Waals surface area contributed by atoms with Crippen molar-refractivity contribution in [2.24, 2.45) is 5.73 Å². The van der Waals surface area contributed by atoms with Crippen LogP contribution in [0.15, 0.2) is 54.6 Å². The maximum absolute atomic E-state index is 6.21. The molecule has 2 aromatic carbocycles. The minimum atomic E-state index is 0.0975. The second-order valence-corrected chi connectivity index (χ2v) is 4.93. The summed E-state index contributed by atoms with van der Waals surface area (Å²) in [5, 5.41) is 0. The van der Waals surface area contributed by atoms with Crippen LogP contribution in [0.4, 0.5) is 0 Å². The van der Waals surface area contributed by atoms with E-state index in [0.29, 0.717) is 0 Å². The Morgan fingerprint density at radius 3 is 2.25 bits per heavy atom. The number of nitrogens with two attached hydrogens (primary N) is 1.